The summed E-state index contributed by atoms with van der Waals surface area (Å²) < 4.78 is 6.75. The average Bonchev–Trinajstić information content (AvgIpc) is 2.34. The Hall–Kier alpha value is 0.460. The van der Waals surface area contributed by atoms with E-state index in [0.717, 1.165) is 6.54 Å². The fourth-order valence-corrected chi connectivity index (χ4v) is 2.99. The number of hydrogen-bond donors (Lipinski definition) is 0. The van der Waals surface area contributed by atoms with E-state index in [-0.39, 0.29) is 5.97 Å². The fraction of sp³-hybridized carbons (Fsp3) is 0.364. The molecule has 94 valence electrons. The van der Waals surface area contributed by atoms with Crippen LogP contribution in [0.4, 0.5) is 0 Å². The quantitative estimate of drug-likeness (QED) is 0.457. The van der Waals surface area contributed by atoms with E-state index in [1.165, 1.54) is 11.1 Å². The number of halogens is 2. The predicted octanol–water partition coefficient (Wildman–Crippen LogP) is 4.08. The molecule has 0 saturated heterocycles. The Morgan fingerprint density at radius 1 is 1.53 bits per heavy atom. The van der Waals surface area contributed by atoms with Crippen LogP contribution >= 0.6 is 53.3 Å². The minimum absolute atomic E-state index is 0.176. The Bertz CT molecular complexity index is 376. The first kappa shape index (κ1) is 15.5. The third-order valence-corrected chi connectivity index (χ3v) is 4.86. The molecular formula is C11H13I2NO2S. The van der Waals surface area contributed by atoms with E-state index in [2.05, 4.69) is 59.8 Å². The van der Waals surface area contributed by atoms with Gasteiger partial charge in [-0.05, 0) is 21.6 Å². The monoisotopic (exact) mass is 477 g/mol. The molecule has 3 nitrogen and oxygen atoms in total. The summed E-state index contributed by atoms with van der Waals surface area (Å²) in [5, 5.41) is 0. The van der Waals surface area contributed by atoms with Crippen LogP contribution in [0.2, 0.25) is 0 Å². The van der Waals surface area contributed by atoms with Gasteiger partial charge in [-0.15, -0.1) is 0 Å². The molecule has 0 aliphatic heterocycles. The molecule has 0 bridgehead atoms. The van der Waals surface area contributed by atoms with Crippen molar-refractivity contribution in [2.75, 3.05) is 6.54 Å². The molecule has 6 heteroatoms. The molecule has 1 aromatic rings. The first-order chi connectivity index (χ1) is 8.15. The van der Waals surface area contributed by atoms with Crippen molar-refractivity contribution in [3.8, 4) is 0 Å². The lowest BCUT2D eigenvalue weighted by Gasteiger charge is -2.17. The van der Waals surface area contributed by atoms with E-state index in [1.807, 2.05) is 0 Å². The molecule has 0 N–H and O–H groups in total. The van der Waals surface area contributed by atoms with Crippen LogP contribution in [-0.2, 0) is 14.4 Å². The van der Waals surface area contributed by atoms with Crippen molar-refractivity contribution >= 4 is 59.3 Å². The molecule has 0 atom stereocenters. The van der Waals surface area contributed by atoms with E-state index in [4.69, 9.17) is 0 Å². The van der Waals surface area contributed by atoms with Crippen LogP contribution in [-0.4, -0.2) is 16.8 Å². The van der Waals surface area contributed by atoms with Crippen LogP contribution in [0, 0.1) is 6.92 Å². The highest BCUT2D eigenvalue weighted by atomic mass is 127. The normalized spacial score (nSPS) is 10.6. The summed E-state index contributed by atoms with van der Waals surface area (Å²) in [6, 6.07) is 8.40. The Morgan fingerprint density at radius 2 is 2.29 bits per heavy atom. The maximum Gasteiger partial charge on any atom is 0.316 e. The van der Waals surface area contributed by atoms with Crippen molar-refractivity contribution in [1.29, 1.82) is 0 Å². The lowest BCUT2D eigenvalue weighted by molar-refractivity contribution is -0.131. The smallest absolute Gasteiger partial charge is 0.316 e. The van der Waals surface area contributed by atoms with E-state index < -0.39 is 0 Å². The van der Waals surface area contributed by atoms with Gasteiger partial charge in [0, 0.05) is 34.3 Å². The predicted molar refractivity (Wildman–Crippen MR) is 87.9 cm³/mol. The maximum atomic E-state index is 11.1. The van der Waals surface area contributed by atoms with Gasteiger partial charge in [-0.25, -0.2) is 4.31 Å². The molecule has 1 aromatic carbocycles. The van der Waals surface area contributed by atoms with Gasteiger partial charge in [0.25, 0.3) is 0 Å². The van der Waals surface area contributed by atoms with Gasteiger partial charge >= 0.3 is 5.97 Å². The van der Waals surface area contributed by atoms with E-state index in [0.29, 0.717) is 13.0 Å². The molecule has 0 spiro atoms. The van der Waals surface area contributed by atoms with Gasteiger partial charge in [-0.1, -0.05) is 29.8 Å². The second-order valence-corrected chi connectivity index (χ2v) is 5.90. The second kappa shape index (κ2) is 8.54. The number of benzene rings is 1. The highest BCUT2D eigenvalue weighted by Gasteiger charge is 2.09. The van der Waals surface area contributed by atoms with Gasteiger partial charge in [0.2, 0.25) is 0 Å². The van der Waals surface area contributed by atoms with E-state index in [9.17, 15) is 4.79 Å². The summed E-state index contributed by atoms with van der Waals surface area (Å²) in [4.78, 5) is 11.1. The third kappa shape index (κ3) is 6.25. The molecule has 0 saturated carbocycles. The van der Waals surface area contributed by atoms with Crippen molar-refractivity contribution in [3.05, 3.63) is 35.4 Å². The van der Waals surface area contributed by atoms with Crippen LogP contribution < -0.4 is 0 Å². The van der Waals surface area contributed by atoms with Crippen molar-refractivity contribution in [3.63, 3.8) is 0 Å². The zero-order valence-electron chi connectivity index (χ0n) is 9.36. The third-order valence-electron chi connectivity index (χ3n) is 2.19. The average molecular weight is 477 g/mol. The highest BCUT2D eigenvalue weighted by Crippen LogP contribution is 2.22. The van der Waals surface area contributed by atoms with E-state index >= 15 is 0 Å². The Balaban J connectivity index is 2.49. The lowest BCUT2D eigenvalue weighted by atomic mass is 10.1. The molecule has 0 aromatic heterocycles. The fourth-order valence-electron chi connectivity index (χ4n) is 1.41. The van der Waals surface area contributed by atoms with Gasteiger partial charge in [0.05, 0.1) is 6.42 Å². The molecule has 0 aliphatic carbocycles. The van der Waals surface area contributed by atoms with Gasteiger partial charge in [-0.2, -0.15) is 0 Å². The van der Waals surface area contributed by atoms with Crippen LogP contribution in [0.5, 0.6) is 0 Å². The Labute approximate surface area is 132 Å². The zero-order chi connectivity index (χ0) is 12.7. The zero-order valence-corrected chi connectivity index (χ0v) is 14.5. The minimum atomic E-state index is -0.176. The number of nitrogens with zero attached hydrogens (tertiary/aromatic N) is 1. The molecular weight excluding hydrogens is 464 g/mol. The summed E-state index contributed by atoms with van der Waals surface area (Å²) in [6.45, 7) is 3.62. The summed E-state index contributed by atoms with van der Waals surface area (Å²) in [5.41, 5.74) is 2.52. The summed E-state index contributed by atoms with van der Waals surface area (Å²) >= 11 is 3.86. The van der Waals surface area contributed by atoms with Gasteiger partial charge in [0.15, 0.2) is 23.0 Å². The topological polar surface area (TPSA) is 29.5 Å². The highest BCUT2D eigenvalue weighted by molar-refractivity contribution is 14.2. The number of aryl methyl sites for hydroxylation is 1. The molecule has 0 unspecified atom stereocenters. The minimum Gasteiger partial charge on any atom is -0.394 e. The van der Waals surface area contributed by atoms with Crippen LogP contribution in [0.3, 0.4) is 0 Å². The first-order valence-corrected chi connectivity index (χ1v) is 9.26. The summed E-state index contributed by atoms with van der Waals surface area (Å²) in [5.74, 6) is -0.176. The van der Waals surface area contributed by atoms with Crippen molar-refractivity contribution in [2.24, 2.45) is 0 Å². The van der Waals surface area contributed by atoms with Gasteiger partial charge in [0.1, 0.15) is 0 Å². The second-order valence-electron chi connectivity index (χ2n) is 3.62. The van der Waals surface area contributed by atoms with E-state index in [1.54, 1.807) is 32.1 Å². The maximum absolute atomic E-state index is 11.1. The Morgan fingerprint density at radius 3 is 2.88 bits per heavy atom. The largest absolute Gasteiger partial charge is 0.394 e. The molecule has 0 fully saturated rings. The van der Waals surface area contributed by atoms with Crippen molar-refractivity contribution in [2.45, 2.75) is 19.9 Å². The standard InChI is InChI=1S/C11H13I2NO2S/c1-9-3-2-4-10(7-9)8-14(17-13)6-5-11(15)16-12/h2-4,7H,5-6,8H2,1H3. The number of carbonyl (C=O) groups is 1. The van der Waals surface area contributed by atoms with Gasteiger partial charge in [-0.3, -0.25) is 4.79 Å². The number of rotatable bonds is 6. The molecule has 0 radical (unpaired) electrons. The van der Waals surface area contributed by atoms with Crippen molar-refractivity contribution < 1.29 is 7.86 Å². The number of carbonyl (C=O) groups excluding carboxylic acids is 1. The Kier molecular flexibility index (Phi) is 7.80. The van der Waals surface area contributed by atoms with Crippen LogP contribution in [0.15, 0.2) is 24.3 Å². The molecule has 1 rings (SSSR count). The SMILES string of the molecule is Cc1cccc(CN(CCC(=O)OI)SI)c1. The van der Waals surface area contributed by atoms with Gasteiger partial charge < -0.3 is 3.07 Å². The molecule has 0 aliphatic rings. The van der Waals surface area contributed by atoms with Crippen LogP contribution in [0.25, 0.3) is 0 Å². The summed E-state index contributed by atoms with van der Waals surface area (Å²) in [6.07, 6.45) is 0.421. The molecule has 0 amide bonds. The number of hydrogen-bond acceptors (Lipinski definition) is 4. The van der Waals surface area contributed by atoms with Crippen LogP contribution in [0.1, 0.15) is 17.5 Å². The summed E-state index contributed by atoms with van der Waals surface area (Å²) in [7, 11) is 1.62. The molecule has 17 heavy (non-hydrogen) atoms. The lowest BCUT2D eigenvalue weighted by Crippen LogP contribution is -2.18. The van der Waals surface area contributed by atoms with Crippen molar-refractivity contribution in [1.82, 2.24) is 4.31 Å². The first-order valence-electron chi connectivity index (χ1n) is 5.06. The molecule has 0 heterocycles.